The molecule has 0 fully saturated rings. The lowest BCUT2D eigenvalue weighted by atomic mass is 10.0. The van der Waals surface area contributed by atoms with Crippen LogP contribution in [0.4, 0.5) is 0 Å². The van der Waals surface area contributed by atoms with Gasteiger partial charge in [0.25, 0.3) is 0 Å². The first-order valence-electron chi connectivity index (χ1n) is 7.29. The molecule has 0 bridgehead atoms. The van der Waals surface area contributed by atoms with Gasteiger partial charge in [-0.2, -0.15) is 0 Å². The highest BCUT2D eigenvalue weighted by molar-refractivity contribution is 7.90. The average Bonchev–Trinajstić information content (AvgIpc) is 2.61. The molecule has 26 heavy (non-hydrogen) atoms. The molecule has 134 valence electrons. The molecular formula is C16H14N4O4S2. The molecule has 10 heteroatoms. The molecular weight excluding hydrogens is 376 g/mol. The Morgan fingerprint density at radius 3 is 1.27 bits per heavy atom. The van der Waals surface area contributed by atoms with E-state index in [1.165, 1.54) is 24.8 Å². The Labute approximate surface area is 150 Å². The van der Waals surface area contributed by atoms with E-state index in [0.29, 0.717) is 11.1 Å². The van der Waals surface area contributed by atoms with Gasteiger partial charge in [0.15, 0.2) is 0 Å². The highest BCUT2D eigenvalue weighted by Crippen LogP contribution is 2.25. The molecule has 0 spiro atoms. The lowest BCUT2D eigenvalue weighted by Gasteiger charge is -2.06. The maximum Gasteiger partial charge on any atom is 0.246 e. The Morgan fingerprint density at radius 2 is 0.962 bits per heavy atom. The summed E-state index contributed by atoms with van der Waals surface area (Å²) in [5, 5.41) is -0.468. The van der Waals surface area contributed by atoms with Crippen molar-refractivity contribution in [1.82, 2.24) is 19.9 Å². The first-order chi connectivity index (χ1) is 12.1. The van der Waals surface area contributed by atoms with E-state index in [4.69, 9.17) is 0 Å². The van der Waals surface area contributed by atoms with Crippen molar-refractivity contribution in [3.05, 3.63) is 49.1 Å². The molecule has 0 N–H and O–H groups in total. The largest absolute Gasteiger partial charge is 0.246 e. The summed E-state index contributed by atoms with van der Waals surface area (Å²) in [5.74, 6) is 0. The Balaban J connectivity index is 1.96. The number of nitrogens with zero attached hydrogens (tertiary/aromatic N) is 4. The molecule has 0 saturated heterocycles. The molecule has 0 aliphatic heterocycles. The minimum absolute atomic E-state index is 0.234. The van der Waals surface area contributed by atoms with Gasteiger partial charge in [-0.1, -0.05) is 18.2 Å². The highest BCUT2D eigenvalue weighted by atomic mass is 32.2. The summed E-state index contributed by atoms with van der Waals surface area (Å²) in [4.78, 5) is 15.5. The minimum atomic E-state index is -3.46. The van der Waals surface area contributed by atoms with Crippen LogP contribution in [0.25, 0.3) is 22.3 Å². The molecule has 2 aromatic heterocycles. The predicted molar refractivity (Wildman–Crippen MR) is 94.7 cm³/mol. The third kappa shape index (κ3) is 3.92. The van der Waals surface area contributed by atoms with Gasteiger partial charge in [-0.3, -0.25) is 0 Å². The minimum Gasteiger partial charge on any atom is -0.226 e. The van der Waals surface area contributed by atoms with Crippen LogP contribution in [0.15, 0.2) is 59.4 Å². The number of sulfone groups is 2. The molecule has 8 nitrogen and oxygen atoms in total. The van der Waals surface area contributed by atoms with Crippen molar-refractivity contribution >= 4 is 19.7 Å². The molecule has 0 aliphatic rings. The first kappa shape index (κ1) is 18.1. The lowest BCUT2D eigenvalue weighted by molar-refractivity contribution is 0.591. The number of hydrogen-bond acceptors (Lipinski definition) is 8. The molecule has 3 aromatic rings. The van der Waals surface area contributed by atoms with Gasteiger partial charge in [0.1, 0.15) is 0 Å². The Hall–Kier alpha value is -2.72. The third-order valence-electron chi connectivity index (χ3n) is 3.45. The van der Waals surface area contributed by atoms with Crippen LogP contribution in [0.2, 0.25) is 0 Å². The second-order valence-electron chi connectivity index (χ2n) is 5.63. The SMILES string of the molecule is CS(=O)(=O)c1ncc(-c2cccc(-c3cnc(S(C)(=O)=O)nc3)c2)cn1. The summed E-state index contributed by atoms with van der Waals surface area (Å²) in [7, 11) is -6.91. The van der Waals surface area contributed by atoms with Crippen LogP contribution in [0.3, 0.4) is 0 Å². The Kier molecular flexibility index (Phi) is 4.55. The van der Waals surface area contributed by atoms with Crippen molar-refractivity contribution < 1.29 is 16.8 Å². The first-order valence-corrected chi connectivity index (χ1v) is 11.1. The van der Waals surface area contributed by atoms with Crippen molar-refractivity contribution in [1.29, 1.82) is 0 Å². The number of hydrogen-bond donors (Lipinski definition) is 0. The van der Waals surface area contributed by atoms with Gasteiger partial charge in [0, 0.05) is 48.4 Å². The van der Waals surface area contributed by atoms with Gasteiger partial charge in [0.05, 0.1) is 0 Å². The summed E-state index contributed by atoms with van der Waals surface area (Å²) < 4.78 is 45.7. The normalized spacial score (nSPS) is 12.1. The monoisotopic (exact) mass is 390 g/mol. The molecule has 0 atom stereocenters. The molecule has 0 radical (unpaired) electrons. The van der Waals surface area contributed by atoms with Crippen LogP contribution in [0.5, 0.6) is 0 Å². The summed E-state index contributed by atoms with van der Waals surface area (Å²) in [6, 6.07) is 7.29. The highest BCUT2D eigenvalue weighted by Gasteiger charge is 2.12. The predicted octanol–water partition coefficient (Wildman–Crippen LogP) is 1.41. The number of rotatable bonds is 4. The van der Waals surface area contributed by atoms with Crippen LogP contribution < -0.4 is 0 Å². The van der Waals surface area contributed by atoms with Crippen LogP contribution in [0, 0.1) is 0 Å². The fourth-order valence-corrected chi connectivity index (χ4v) is 3.17. The summed E-state index contributed by atoms with van der Waals surface area (Å²) >= 11 is 0. The zero-order valence-electron chi connectivity index (χ0n) is 13.9. The van der Waals surface area contributed by atoms with Crippen LogP contribution in [-0.4, -0.2) is 49.3 Å². The van der Waals surface area contributed by atoms with Crippen molar-refractivity contribution in [3.63, 3.8) is 0 Å². The smallest absolute Gasteiger partial charge is 0.226 e. The fourth-order valence-electron chi connectivity index (χ4n) is 2.19. The molecule has 1 aromatic carbocycles. The Bertz CT molecular complexity index is 1070. The van der Waals surface area contributed by atoms with E-state index < -0.39 is 19.7 Å². The third-order valence-corrected chi connectivity index (χ3v) is 5.20. The topological polar surface area (TPSA) is 120 Å². The van der Waals surface area contributed by atoms with E-state index in [1.807, 2.05) is 18.2 Å². The second-order valence-corrected chi connectivity index (χ2v) is 9.45. The molecule has 2 heterocycles. The zero-order chi connectivity index (χ0) is 18.9. The molecule has 0 aliphatic carbocycles. The maximum absolute atomic E-state index is 11.4. The van der Waals surface area contributed by atoms with Gasteiger partial charge in [-0.15, -0.1) is 0 Å². The summed E-state index contributed by atoms with van der Waals surface area (Å²) in [6.07, 6.45) is 7.83. The van der Waals surface area contributed by atoms with Gasteiger partial charge in [0.2, 0.25) is 30.0 Å². The number of aromatic nitrogens is 4. The van der Waals surface area contributed by atoms with Crippen molar-refractivity contribution in [2.75, 3.05) is 12.5 Å². The molecule has 0 amide bonds. The van der Waals surface area contributed by atoms with E-state index in [-0.39, 0.29) is 10.3 Å². The molecule has 3 rings (SSSR count). The Morgan fingerprint density at radius 1 is 0.615 bits per heavy atom. The van der Waals surface area contributed by atoms with Crippen LogP contribution in [0.1, 0.15) is 0 Å². The fraction of sp³-hybridized carbons (Fsp3) is 0.125. The second kappa shape index (κ2) is 6.54. The number of benzene rings is 1. The van der Waals surface area contributed by atoms with Gasteiger partial charge in [-0.25, -0.2) is 36.8 Å². The van der Waals surface area contributed by atoms with Gasteiger partial charge in [-0.05, 0) is 17.2 Å². The van der Waals surface area contributed by atoms with Crippen molar-refractivity contribution in [3.8, 4) is 22.3 Å². The molecule has 0 saturated carbocycles. The van der Waals surface area contributed by atoms with E-state index in [1.54, 1.807) is 6.07 Å². The lowest BCUT2D eigenvalue weighted by Crippen LogP contribution is -2.03. The maximum atomic E-state index is 11.4. The van der Waals surface area contributed by atoms with E-state index in [0.717, 1.165) is 23.6 Å². The van der Waals surface area contributed by atoms with Gasteiger partial charge < -0.3 is 0 Å². The van der Waals surface area contributed by atoms with E-state index >= 15 is 0 Å². The average molecular weight is 390 g/mol. The van der Waals surface area contributed by atoms with E-state index in [9.17, 15) is 16.8 Å². The van der Waals surface area contributed by atoms with Crippen LogP contribution >= 0.6 is 0 Å². The summed E-state index contributed by atoms with van der Waals surface area (Å²) in [6.45, 7) is 0. The quantitative estimate of drug-likeness (QED) is 0.613. The summed E-state index contributed by atoms with van der Waals surface area (Å²) in [5.41, 5.74) is 2.84. The van der Waals surface area contributed by atoms with Crippen molar-refractivity contribution in [2.45, 2.75) is 10.3 Å². The van der Waals surface area contributed by atoms with Crippen molar-refractivity contribution in [2.24, 2.45) is 0 Å². The van der Waals surface area contributed by atoms with Gasteiger partial charge >= 0.3 is 0 Å². The van der Waals surface area contributed by atoms with Crippen LogP contribution in [-0.2, 0) is 19.7 Å². The standard InChI is InChI=1S/C16H14N4O4S2/c1-25(21,22)15-17-7-13(8-18-15)11-4-3-5-12(6-11)14-9-19-16(20-10-14)26(2,23)24/h3-10H,1-2H3. The zero-order valence-corrected chi connectivity index (χ0v) is 15.5. The molecule has 0 unspecified atom stereocenters. The van der Waals surface area contributed by atoms with E-state index in [2.05, 4.69) is 19.9 Å².